The van der Waals surface area contributed by atoms with Gasteiger partial charge in [0.05, 0.1) is 24.9 Å². The van der Waals surface area contributed by atoms with Crippen LogP contribution in [0.2, 0.25) is 5.02 Å². The molecule has 1 aliphatic rings. The third-order valence-electron chi connectivity index (χ3n) is 7.18. The first-order valence-corrected chi connectivity index (χ1v) is 14.2. The molecule has 5 rings (SSSR count). The molecule has 0 bridgehead atoms. The quantitative estimate of drug-likeness (QED) is 0.0821. The van der Waals surface area contributed by atoms with E-state index in [-0.39, 0.29) is 63.5 Å². The summed E-state index contributed by atoms with van der Waals surface area (Å²) >= 11 is 6.66. The van der Waals surface area contributed by atoms with Gasteiger partial charge in [0, 0.05) is 29.8 Å². The maximum atomic E-state index is 13.2. The number of amides is 2. The molecule has 1 aliphatic carbocycles. The second-order valence-corrected chi connectivity index (χ2v) is 10.6. The molecule has 0 unspecified atom stereocenters. The number of pyridine rings is 1. The predicted molar refractivity (Wildman–Crippen MR) is 170 cm³/mol. The standard InChI is InChI=1S/C32H29ClFN3O7.Ca.2H/c1-42-26-17-21-23(18-27(26)43-16-3-2-7-28(38)39)35-15-12-24(21)44-25-6-4-5-22(29(25)33)37-31(41)32(13-14-32)30(40)36-20-10-8-19(34)9-11-20;;;/h4-6,8-12,15,17-18H,2-3,7,13-14,16H2,1H3,(H,36,40)(H,37,41)(H,38,39);;;/q;+2;2*-1. The Labute approximate surface area is 296 Å². The van der Waals surface area contributed by atoms with Crippen LogP contribution in [0.1, 0.15) is 35.0 Å². The first-order valence-electron chi connectivity index (χ1n) is 13.9. The maximum absolute atomic E-state index is 13.2. The van der Waals surface area contributed by atoms with Gasteiger partial charge in [0.1, 0.15) is 27.8 Å². The number of unbranched alkanes of at least 4 members (excludes halogenated alkanes) is 1. The summed E-state index contributed by atoms with van der Waals surface area (Å²) < 4.78 is 30.7. The number of hydrogen-bond donors (Lipinski definition) is 3. The van der Waals surface area contributed by atoms with Gasteiger partial charge in [-0.15, -0.1) is 0 Å². The molecule has 4 aromatic rings. The van der Waals surface area contributed by atoms with Gasteiger partial charge in [0.15, 0.2) is 11.5 Å². The van der Waals surface area contributed by atoms with Gasteiger partial charge < -0.3 is 32.8 Å². The molecule has 1 heterocycles. The van der Waals surface area contributed by atoms with Crippen molar-refractivity contribution in [2.75, 3.05) is 24.4 Å². The molecule has 1 aromatic heterocycles. The largest absolute Gasteiger partial charge is 2.00 e. The normalized spacial score (nSPS) is 12.9. The predicted octanol–water partition coefficient (Wildman–Crippen LogP) is 6.66. The van der Waals surface area contributed by atoms with Crippen molar-refractivity contribution in [3.8, 4) is 23.0 Å². The van der Waals surface area contributed by atoms with Crippen LogP contribution in [0.15, 0.2) is 66.9 Å². The van der Waals surface area contributed by atoms with Gasteiger partial charge in [-0.25, -0.2) is 4.39 Å². The Balaban J connectivity index is 0.00000256. The topological polar surface area (TPSA) is 136 Å². The number of benzene rings is 3. The Hall–Kier alpha value is -3.64. The number of carboxylic acid groups (broad SMARTS) is 1. The summed E-state index contributed by atoms with van der Waals surface area (Å²) in [4.78, 5) is 41.3. The SMILES string of the molecule is COc1cc2c(Oc3cccc(NC(=O)C4(C(=O)Nc5ccc(F)cc5)CC4)c3Cl)ccnc2cc1OCCCCC(=O)O.[Ca+2].[H-].[H-]. The van der Waals surface area contributed by atoms with Gasteiger partial charge in [-0.3, -0.25) is 19.4 Å². The summed E-state index contributed by atoms with van der Waals surface area (Å²) in [5.41, 5.74) is -0.0426. The summed E-state index contributed by atoms with van der Waals surface area (Å²) in [6.45, 7) is 0.314. The number of nitrogens with zero attached hydrogens (tertiary/aromatic N) is 1. The van der Waals surface area contributed by atoms with Gasteiger partial charge in [-0.05, 0) is 74.2 Å². The summed E-state index contributed by atoms with van der Waals surface area (Å²) in [5, 5.41) is 15.0. The van der Waals surface area contributed by atoms with Crippen LogP contribution in [-0.4, -0.2) is 79.3 Å². The molecule has 3 aromatic carbocycles. The minimum absolute atomic E-state index is 0. The van der Waals surface area contributed by atoms with E-state index in [1.807, 2.05) is 0 Å². The van der Waals surface area contributed by atoms with Gasteiger partial charge in [0.2, 0.25) is 11.8 Å². The van der Waals surface area contributed by atoms with Crippen LogP contribution in [0.5, 0.6) is 23.0 Å². The van der Waals surface area contributed by atoms with Crippen LogP contribution < -0.4 is 24.8 Å². The van der Waals surface area contributed by atoms with E-state index in [2.05, 4.69) is 15.6 Å². The number of carboxylic acids is 1. The molecule has 1 saturated carbocycles. The fraction of sp³-hybridized carbons (Fsp3) is 0.250. The van der Waals surface area contributed by atoms with E-state index in [0.717, 1.165) is 0 Å². The Morgan fingerprint density at radius 3 is 2.40 bits per heavy atom. The molecule has 45 heavy (non-hydrogen) atoms. The Morgan fingerprint density at radius 2 is 1.71 bits per heavy atom. The first kappa shape index (κ1) is 34.2. The average molecular weight is 664 g/mol. The van der Waals surface area contributed by atoms with Gasteiger partial charge >= 0.3 is 43.7 Å². The molecule has 13 heteroatoms. The van der Waals surface area contributed by atoms with Crippen LogP contribution >= 0.6 is 11.6 Å². The molecule has 2 amide bonds. The molecule has 0 aliphatic heterocycles. The van der Waals surface area contributed by atoms with Gasteiger partial charge in [-0.1, -0.05) is 17.7 Å². The average Bonchev–Trinajstić information content (AvgIpc) is 3.82. The third-order valence-corrected chi connectivity index (χ3v) is 7.57. The van der Waals surface area contributed by atoms with Crippen LogP contribution in [0, 0.1) is 11.2 Å². The molecule has 1 fully saturated rings. The number of hydrogen-bond acceptors (Lipinski definition) is 7. The summed E-state index contributed by atoms with van der Waals surface area (Å²) in [7, 11) is 1.50. The van der Waals surface area contributed by atoms with Crippen molar-refractivity contribution in [1.82, 2.24) is 4.98 Å². The van der Waals surface area contributed by atoms with Crippen molar-refractivity contribution in [3.63, 3.8) is 0 Å². The van der Waals surface area contributed by atoms with Gasteiger partial charge in [0.25, 0.3) is 0 Å². The van der Waals surface area contributed by atoms with E-state index in [4.69, 9.17) is 30.9 Å². The van der Waals surface area contributed by atoms with Crippen molar-refractivity contribution in [3.05, 3.63) is 77.7 Å². The number of nitrogens with one attached hydrogen (secondary N) is 2. The molecule has 0 atom stereocenters. The second kappa shape index (κ2) is 15.1. The van der Waals surface area contributed by atoms with Crippen molar-refractivity contribution in [2.45, 2.75) is 32.1 Å². The number of rotatable bonds is 13. The van der Waals surface area contributed by atoms with Crippen LogP contribution in [0.25, 0.3) is 10.9 Å². The molecule has 232 valence electrons. The number of carbonyl (C=O) groups excluding carboxylic acids is 2. The zero-order valence-corrected chi connectivity index (χ0v) is 27.4. The molecule has 10 nitrogen and oxygen atoms in total. The van der Waals surface area contributed by atoms with Crippen LogP contribution in [-0.2, 0) is 14.4 Å². The summed E-state index contributed by atoms with van der Waals surface area (Å²) in [6.07, 6.45) is 3.41. The number of fused-ring (bicyclic) bond motifs is 1. The molecular formula is C32H31CaClFN3O7. The Morgan fingerprint density at radius 1 is 0.978 bits per heavy atom. The monoisotopic (exact) mass is 663 g/mol. The fourth-order valence-electron chi connectivity index (χ4n) is 4.56. The molecule has 0 spiro atoms. The van der Waals surface area contributed by atoms with Gasteiger partial charge in [-0.2, -0.15) is 0 Å². The van der Waals surface area contributed by atoms with Crippen molar-refractivity contribution in [1.29, 1.82) is 0 Å². The summed E-state index contributed by atoms with van der Waals surface area (Å²) in [6, 6.07) is 15.3. The Kier molecular flexibility index (Phi) is 11.5. The van der Waals surface area contributed by atoms with E-state index in [0.29, 0.717) is 66.1 Å². The van der Waals surface area contributed by atoms with E-state index in [1.54, 1.807) is 42.6 Å². The number of halogens is 2. The first-order chi connectivity index (χ1) is 21.2. The maximum Gasteiger partial charge on any atom is 2.00 e. The number of methoxy groups -OCH3 is 1. The number of anilines is 2. The molecular weight excluding hydrogens is 633 g/mol. The summed E-state index contributed by atoms with van der Waals surface area (Å²) in [5.74, 6) is -0.695. The van der Waals surface area contributed by atoms with E-state index in [1.165, 1.54) is 31.4 Å². The molecule has 0 radical (unpaired) electrons. The van der Waals surface area contributed by atoms with E-state index < -0.39 is 29.0 Å². The van der Waals surface area contributed by atoms with E-state index >= 15 is 0 Å². The van der Waals surface area contributed by atoms with Crippen LogP contribution in [0.4, 0.5) is 15.8 Å². The second-order valence-electron chi connectivity index (χ2n) is 10.2. The number of aliphatic carboxylic acids is 1. The third kappa shape index (κ3) is 8.15. The van der Waals surface area contributed by atoms with Crippen molar-refractivity contribution < 1.29 is 40.9 Å². The Bertz CT molecular complexity index is 1730. The number of aromatic nitrogens is 1. The zero-order valence-electron chi connectivity index (χ0n) is 26.4. The van der Waals surface area contributed by atoms with E-state index in [9.17, 15) is 18.8 Å². The molecule has 0 saturated heterocycles. The molecule has 3 N–H and O–H groups in total. The minimum Gasteiger partial charge on any atom is -1.00 e. The zero-order chi connectivity index (χ0) is 31.3. The minimum atomic E-state index is -1.26. The van der Waals surface area contributed by atoms with Crippen molar-refractivity contribution >= 4 is 89.4 Å². The number of carbonyl (C=O) groups is 3. The fourth-order valence-corrected chi connectivity index (χ4v) is 4.77. The van der Waals surface area contributed by atoms with Crippen LogP contribution in [0.3, 0.4) is 0 Å². The smallest absolute Gasteiger partial charge is 1.00 e. The van der Waals surface area contributed by atoms with Crippen molar-refractivity contribution in [2.24, 2.45) is 5.41 Å². The number of ether oxygens (including phenoxy) is 3.